The van der Waals surface area contributed by atoms with Crippen LogP contribution >= 0.6 is 0 Å². The molecule has 1 saturated heterocycles. The molecule has 1 saturated carbocycles. The molecule has 1 aliphatic heterocycles. The third-order valence-corrected chi connectivity index (χ3v) is 7.06. The van der Waals surface area contributed by atoms with Crippen LogP contribution in [0.4, 0.5) is 0 Å². The Hall–Kier alpha value is -1.65. The molecule has 0 aromatic heterocycles. The summed E-state index contributed by atoms with van der Waals surface area (Å²) in [5.41, 5.74) is 3.15. The number of rotatable bonds is 7. The normalized spacial score (nSPS) is 21.2. The first-order valence-electron chi connectivity index (χ1n) is 9.98. The van der Waals surface area contributed by atoms with Gasteiger partial charge in [-0.1, -0.05) is 30.4 Å². The van der Waals surface area contributed by atoms with Crippen molar-refractivity contribution in [2.24, 2.45) is 17.8 Å². The molecule has 5 heteroatoms. The van der Waals surface area contributed by atoms with Crippen LogP contribution in [0.2, 0.25) is 0 Å². The van der Waals surface area contributed by atoms with Gasteiger partial charge in [0.25, 0.3) is 0 Å². The number of allylic oxidation sites excluding steroid dienone is 3. The van der Waals surface area contributed by atoms with E-state index in [2.05, 4.69) is 11.8 Å². The average molecular weight is 403 g/mol. The molecule has 1 aromatic rings. The molecule has 152 valence electrons. The van der Waals surface area contributed by atoms with E-state index in [9.17, 15) is 8.42 Å². The minimum Gasteiger partial charge on any atom is -0.350 e. The summed E-state index contributed by atoms with van der Waals surface area (Å²) in [5.74, 6) is -0.0108. The molecule has 1 aromatic carbocycles. The van der Waals surface area contributed by atoms with Crippen molar-refractivity contribution in [3.05, 3.63) is 59.2 Å². The van der Waals surface area contributed by atoms with E-state index in [4.69, 9.17) is 9.47 Å². The highest BCUT2D eigenvalue weighted by atomic mass is 32.2. The SMILES string of the molecule is C/C=C/C(CC(=C=CC1CC1)S(=O)(=O)c1ccccc1)C1COC(C)(C)OC1. The molecule has 1 heterocycles. The van der Waals surface area contributed by atoms with E-state index < -0.39 is 15.6 Å². The van der Waals surface area contributed by atoms with Crippen molar-refractivity contribution < 1.29 is 17.9 Å². The molecule has 28 heavy (non-hydrogen) atoms. The Morgan fingerprint density at radius 3 is 2.43 bits per heavy atom. The number of hydrogen-bond donors (Lipinski definition) is 0. The predicted molar refractivity (Wildman–Crippen MR) is 110 cm³/mol. The van der Waals surface area contributed by atoms with Crippen LogP contribution in [0, 0.1) is 17.8 Å². The second kappa shape index (κ2) is 8.79. The second-order valence-corrected chi connectivity index (χ2v) is 10.0. The number of ether oxygens (including phenoxy) is 2. The lowest BCUT2D eigenvalue weighted by atomic mass is 9.89. The monoisotopic (exact) mass is 402 g/mol. The van der Waals surface area contributed by atoms with Gasteiger partial charge in [-0.3, -0.25) is 0 Å². The van der Waals surface area contributed by atoms with Crippen molar-refractivity contribution in [2.45, 2.75) is 50.7 Å². The van der Waals surface area contributed by atoms with E-state index in [0.717, 1.165) is 12.8 Å². The average Bonchev–Trinajstić information content (AvgIpc) is 3.49. The Bertz CT molecular complexity index is 847. The maximum absolute atomic E-state index is 13.3. The van der Waals surface area contributed by atoms with Crippen molar-refractivity contribution in [3.63, 3.8) is 0 Å². The molecule has 2 aliphatic rings. The van der Waals surface area contributed by atoms with Gasteiger partial charge in [-0.25, -0.2) is 8.42 Å². The van der Waals surface area contributed by atoms with Gasteiger partial charge in [0.05, 0.1) is 23.0 Å². The number of benzene rings is 1. The fourth-order valence-corrected chi connectivity index (χ4v) is 4.70. The van der Waals surface area contributed by atoms with Gasteiger partial charge in [0.1, 0.15) is 0 Å². The number of hydrogen-bond acceptors (Lipinski definition) is 4. The standard InChI is InChI=1S/C23H30O4S/c1-4-8-19(20-16-26-23(2,3)27-17-20)15-22(14-13-18-11-12-18)28(24,25)21-9-6-5-7-10-21/h4-10,13,18-20H,11-12,15-17H2,1-3H3/b8-4+. The highest BCUT2D eigenvalue weighted by Crippen LogP contribution is 2.34. The fourth-order valence-electron chi connectivity index (χ4n) is 3.27. The van der Waals surface area contributed by atoms with Crippen molar-refractivity contribution >= 4 is 9.84 Å². The molecular formula is C23H30O4S. The van der Waals surface area contributed by atoms with Crippen LogP contribution in [0.1, 0.15) is 40.0 Å². The third-order valence-electron chi connectivity index (χ3n) is 5.24. The largest absolute Gasteiger partial charge is 0.350 e. The molecular weight excluding hydrogens is 372 g/mol. The molecule has 4 nitrogen and oxygen atoms in total. The summed E-state index contributed by atoms with van der Waals surface area (Å²) in [6.07, 6.45) is 8.59. The molecule has 1 aliphatic carbocycles. The second-order valence-electron chi connectivity index (χ2n) is 8.06. The van der Waals surface area contributed by atoms with Crippen LogP contribution in [0.25, 0.3) is 0 Å². The molecule has 1 unspecified atom stereocenters. The smallest absolute Gasteiger partial charge is 0.210 e. The van der Waals surface area contributed by atoms with Crippen molar-refractivity contribution in [2.75, 3.05) is 13.2 Å². The van der Waals surface area contributed by atoms with E-state index >= 15 is 0 Å². The van der Waals surface area contributed by atoms with Crippen LogP contribution in [0.5, 0.6) is 0 Å². The van der Waals surface area contributed by atoms with Gasteiger partial charge < -0.3 is 9.47 Å². The van der Waals surface area contributed by atoms with Crippen LogP contribution in [0.15, 0.2) is 64.1 Å². The molecule has 3 rings (SSSR count). The first-order chi connectivity index (χ1) is 13.3. The van der Waals surface area contributed by atoms with Crippen molar-refractivity contribution in [1.29, 1.82) is 0 Å². The van der Waals surface area contributed by atoms with Gasteiger partial charge in [0.15, 0.2) is 5.79 Å². The Kier molecular flexibility index (Phi) is 6.61. The lowest BCUT2D eigenvalue weighted by Gasteiger charge is -2.37. The number of sulfone groups is 1. The Balaban J connectivity index is 1.89. The maximum Gasteiger partial charge on any atom is 0.210 e. The fraction of sp³-hybridized carbons (Fsp3) is 0.522. The molecule has 0 radical (unpaired) electrons. The van der Waals surface area contributed by atoms with Crippen LogP contribution in [-0.4, -0.2) is 27.4 Å². The summed E-state index contributed by atoms with van der Waals surface area (Å²) in [6.45, 7) is 6.85. The Labute approximate surface area is 168 Å². The van der Waals surface area contributed by atoms with E-state index in [-0.39, 0.29) is 11.8 Å². The summed E-state index contributed by atoms with van der Waals surface area (Å²) in [6, 6.07) is 8.62. The lowest BCUT2D eigenvalue weighted by molar-refractivity contribution is -0.266. The summed E-state index contributed by atoms with van der Waals surface area (Å²) in [5, 5.41) is 0. The maximum atomic E-state index is 13.3. The van der Waals surface area contributed by atoms with Crippen LogP contribution < -0.4 is 0 Å². The van der Waals surface area contributed by atoms with Gasteiger partial charge in [-0.05, 0) is 70.1 Å². The molecule has 2 fully saturated rings. The lowest BCUT2D eigenvalue weighted by Crippen LogP contribution is -2.41. The quantitative estimate of drug-likeness (QED) is 0.481. The van der Waals surface area contributed by atoms with Gasteiger partial charge >= 0.3 is 0 Å². The van der Waals surface area contributed by atoms with Gasteiger partial charge in [0, 0.05) is 5.92 Å². The third kappa shape index (κ3) is 5.45. The van der Waals surface area contributed by atoms with E-state index in [1.807, 2.05) is 39.0 Å². The topological polar surface area (TPSA) is 52.6 Å². The Morgan fingerprint density at radius 2 is 1.86 bits per heavy atom. The highest BCUT2D eigenvalue weighted by molar-refractivity contribution is 7.95. The molecule has 0 spiro atoms. The minimum absolute atomic E-state index is 0.00897. The predicted octanol–water partition coefficient (Wildman–Crippen LogP) is 4.89. The molecule has 0 amide bonds. The molecule has 0 N–H and O–H groups in total. The zero-order chi connectivity index (χ0) is 20.2. The van der Waals surface area contributed by atoms with E-state index in [1.54, 1.807) is 24.3 Å². The molecule has 1 atom stereocenters. The van der Waals surface area contributed by atoms with Gasteiger partial charge in [-0.15, -0.1) is 5.73 Å². The summed E-state index contributed by atoms with van der Waals surface area (Å²) < 4.78 is 38.2. The van der Waals surface area contributed by atoms with Crippen molar-refractivity contribution in [3.8, 4) is 0 Å². The van der Waals surface area contributed by atoms with Crippen LogP contribution in [0.3, 0.4) is 0 Å². The molecule has 0 bridgehead atoms. The van der Waals surface area contributed by atoms with E-state index in [0.29, 0.717) is 35.4 Å². The summed E-state index contributed by atoms with van der Waals surface area (Å²) in [7, 11) is -3.59. The Morgan fingerprint density at radius 1 is 1.21 bits per heavy atom. The minimum atomic E-state index is -3.59. The zero-order valence-electron chi connectivity index (χ0n) is 16.9. The van der Waals surface area contributed by atoms with Crippen LogP contribution in [-0.2, 0) is 19.3 Å². The first kappa shape index (κ1) is 21.1. The van der Waals surface area contributed by atoms with Crippen molar-refractivity contribution in [1.82, 2.24) is 0 Å². The van der Waals surface area contributed by atoms with E-state index in [1.165, 1.54) is 0 Å². The van der Waals surface area contributed by atoms with Gasteiger partial charge in [0.2, 0.25) is 9.84 Å². The first-order valence-corrected chi connectivity index (χ1v) is 11.5. The zero-order valence-corrected chi connectivity index (χ0v) is 17.7. The summed E-state index contributed by atoms with van der Waals surface area (Å²) >= 11 is 0. The van der Waals surface area contributed by atoms with Gasteiger partial charge in [-0.2, -0.15) is 0 Å². The summed E-state index contributed by atoms with van der Waals surface area (Å²) in [4.78, 5) is 0.664. The highest BCUT2D eigenvalue weighted by Gasteiger charge is 2.34.